The van der Waals surface area contributed by atoms with Crippen LogP contribution in [0.1, 0.15) is 11.3 Å². The zero-order valence-corrected chi connectivity index (χ0v) is 19.9. The van der Waals surface area contributed by atoms with Gasteiger partial charge < -0.3 is 14.1 Å². The highest BCUT2D eigenvalue weighted by Gasteiger charge is 2.35. The zero-order valence-electron chi connectivity index (χ0n) is 15.9. The largest absolute Gasteiger partial charge is 0.440 e. The molecule has 3 heterocycles. The molecule has 0 radical (unpaired) electrons. The number of morpholine rings is 1. The standard InChI is InChI=1S/C20H17Br2N3O4S/c1-11-8-12(21)2-3-16(11)25-18(27)14(17(26)23-20(25)30)9-13-10-15(22)19(29-13)24-4-6-28-7-5-24/h2-3,8-10H,4-7H2,1H3,(H,23,26,30)/b14-9+. The van der Waals surface area contributed by atoms with Gasteiger partial charge in [0.15, 0.2) is 5.11 Å². The molecule has 1 aromatic heterocycles. The summed E-state index contributed by atoms with van der Waals surface area (Å²) in [6.07, 6.45) is 1.44. The van der Waals surface area contributed by atoms with Crippen molar-refractivity contribution >= 4 is 78.7 Å². The molecule has 2 fully saturated rings. The molecule has 0 aliphatic carbocycles. The number of aryl methyl sites for hydroxylation is 1. The Morgan fingerprint density at radius 3 is 2.60 bits per heavy atom. The maximum absolute atomic E-state index is 13.2. The molecule has 2 aliphatic rings. The van der Waals surface area contributed by atoms with E-state index in [1.807, 2.05) is 24.0 Å². The van der Waals surface area contributed by atoms with E-state index in [9.17, 15) is 9.59 Å². The van der Waals surface area contributed by atoms with Gasteiger partial charge in [-0.25, -0.2) is 0 Å². The molecule has 0 atom stereocenters. The molecule has 30 heavy (non-hydrogen) atoms. The minimum atomic E-state index is -0.559. The highest BCUT2D eigenvalue weighted by atomic mass is 79.9. The summed E-state index contributed by atoms with van der Waals surface area (Å²) in [4.78, 5) is 29.1. The number of rotatable bonds is 3. The summed E-state index contributed by atoms with van der Waals surface area (Å²) >= 11 is 12.2. The molecule has 1 aromatic carbocycles. The van der Waals surface area contributed by atoms with Crippen molar-refractivity contribution in [2.45, 2.75) is 6.92 Å². The number of benzene rings is 1. The average Bonchev–Trinajstić information content (AvgIpc) is 3.07. The zero-order chi connectivity index (χ0) is 21.4. The maximum Gasteiger partial charge on any atom is 0.270 e. The molecule has 0 saturated carbocycles. The Morgan fingerprint density at radius 2 is 1.90 bits per heavy atom. The Bertz CT molecular complexity index is 1080. The molecule has 156 valence electrons. The highest BCUT2D eigenvalue weighted by Crippen LogP contribution is 2.33. The van der Waals surface area contributed by atoms with E-state index in [1.54, 1.807) is 12.1 Å². The van der Waals surface area contributed by atoms with E-state index in [0.717, 1.165) is 14.5 Å². The van der Waals surface area contributed by atoms with Gasteiger partial charge in [0.1, 0.15) is 11.3 Å². The number of nitrogens with one attached hydrogen (secondary N) is 1. The van der Waals surface area contributed by atoms with Crippen LogP contribution in [0.3, 0.4) is 0 Å². The van der Waals surface area contributed by atoms with E-state index < -0.39 is 11.8 Å². The number of furan rings is 1. The van der Waals surface area contributed by atoms with Crippen LogP contribution in [0.5, 0.6) is 0 Å². The SMILES string of the molecule is Cc1cc(Br)ccc1N1C(=O)/C(=C/c2cc(Br)c(N3CCOCC3)o2)C(=O)NC1=S. The fourth-order valence-electron chi connectivity index (χ4n) is 3.32. The summed E-state index contributed by atoms with van der Waals surface area (Å²) < 4.78 is 12.9. The lowest BCUT2D eigenvalue weighted by Crippen LogP contribution is -2.54. The molecule has 4 rings (SSSR count). The summed E-state index contributed by atoms with van der Waals surface area (Å²) in [6, 6.07) is 7.21. The predicted molar refractivity (Wildman–Crippen MR) is 125 cm³/mol. The second-order valence-electron chi connectivity index (χ2n) is 6.79. The molecular formula is C20H17Br2N3O4S. The number of carbonyl (C=O) groups excluding carboxylic acids is 2. The minimum Gasteiger partial charge on any atom is -0.440 e. The summed E-state index contributed by atoms with van der Waals surface area (Å²) in [5, 5.41) is 2.64. The van der Waals surface area contributed by atoms with Crippen molar-refractivity contribution in [3.63, 3.8) is 0 Å². The van der Waals surface area contributed by atoms with Gasteiger partial charge in [-0.2, -0.15) is 0 Å². The van der Waals surface area contributed by atoms with Gasteiger partial charge in [0.2, 0.25) is 5.88 Å². The van der Waals surface area contributed by atoms with Gasteiger partial charge in [-0.3, -0.25) is 19.8 Å². The van der Waals surface area contributed by atoms with Gasteiger partial charge in [-0.15, -0.1) is 0 Å². The average molecular weight is 555 g/mol. The number of hydrogen-bond donors (Lipinski definition) is 1. The van der Waals surface area contributed by atoms with Crippen molar-refractivity contribution in [3.8, 4) is 0 Å². The van der Waals surface area contributed by atoms with Crippen LogP contribution in [0, 0.1) is 6.92 Å². The molecule has 0 spiro atoms. The number of carbonyl (C=O) groups is 2. The lowest BCUT2D eigenvalue weighted by atomic mass is 10.1. The first-order chi connectivity index (χ1) is 14.3. The van der Waals surface area contributed by atoms with E-state index in [-0.39, 0.29) is 10.7 Å². The van der Waals surface area contributed by atoms with E-state index in [0.29, 0.717) is 43.6 Å². The second-order valence-corrected chi connectivity index (χ2v) is 8.95. The van der Waals surface area contributed by atoms with Crippen LogP contribution in [-0.4, -0.2) is 43.2 Å². The Morgan fingerprint density at radius 1 is 1.17 bits per heavy atom. The van der Waals surface area contributed by atoms with E-state index in [2.05, 4.69) is 37.2 Å². The number of hydrogen-bond acceptors (Lipinski definition) is 6. The quantitative estimate of drug-likeness (QED) is 0.353. The number of anilines is 2. The molecule has 2 saturated heterocycles. The third-order valence-electron chi connectivity index (χ3n) is 4.77. The van der Waals surface area contributed by atoms with Crippen molar-refractivity contribution in [1.29, 1.82) is 0 Å². The smallest absolute Gasteiger partial charge is 0.270 e. The number of nitrogens with zero attached hydrogens (tertiary/aromatic N) is 2. The van der Waals surface area contributed by atoms with Crippen LogP contribution in [0.2, 0.25) is 0 Å². The molecule has 2 aromatic rings. The third-order valence-corrected chi connectivity index (χ3v) is 6.12. The number of thiocarbonyl (C=S) groups is 1. The molecule has 7 nitrogen and oxygen atoms in total. The van der Waals surface area contributed by atoms with Gasteiger partial charge in [0, 0.05) is 23.6 Å². The summed E-state index contributed by atoms with van der Waals surface area (Å²) in [7, 11) is 0. The van der Waals surface area contributed by atoms with Crippen LogP contribution >= 0.6 is 44.1 Å². The van der Waals surface area contributed by atoms with Gasteiger partial charge in [-0.1, -0.05) is 15.9 Å². The van der Waals surface area contributed by atoms with E-state index >= 15 is 0 Å². The van der Waals surface area contributed by atoms with Gasteiger partial charge in [-0.05, 0) is 64.9 Å². The lowest BCUT2D eigenvalue weighted by molar-refractivity contribution is -0.122. The highest BCUT2D eigenvalue weighted by molar-refractivity contribution is 9.10. The minimum absolute atomic E-state index is 0.0437. The number of amides is 2. The molecular weight excluding hydrogens is 538 g/mol. The normalized spacial score (nSPS) is 18.9. The van der Waals surface area contributed by atoms with Crippen molar-refractivity contribution in [1.82, 2.24) is 5.32 Å². The summed E-state index contributed by atoms with van der Waals surface area (Å²) in [5.41, 5.74) is 1.39. The van der Waals surface area contributed by atoms with Crippen molar-refractivity contribution in [2.75, 3.05) is 36.1 Å². The van der Waals surface area contributed by atoms with E-state index in [1.165, 1.54) is 11.0 Å². The Kier molecular flexibility index (Phi) is 6.10. The molecule has 2 amide bonds. The lowest BCUT2D eigenvalue weighted by Gasteiger charge is -2.30. The predicted octanol–water partition coefficient (Wildman–Crippen LogP) is 3.78. The van der Waals surface area contributed by atoms with Crippen molar-refractivity contribution in [3.05, 3.63) is 50.1 Å². The number of halogens is 2. The Hall–Kier alpha value is -2.01. The fourth-order valence-corrected chi connectivity index (χ4v) is 4.62. The van der Waals surface area contributed by atoms with Crippen LogP contribution in [0.15, 0.2) is 43.2 Å². The van der Waals surface area contributed by atoms with Crippen molar-refractivity contribution < 1.29 is 18.7 Å². The van der Waals surface area contributed by atoms with Crippen LogP contribution in [0.4, 0.5) is 11.6 Å². The van der Waals surface area contributed by atoms with E-state index in [4.69, 9.17) is 21.4 Å². The fraction of sp³-hybridized carbons (Fsp3) is 0.250. The molecule has 10 heteroatoms. The topological polar surface area (TPSA) is 75.0 Å². The first-order valence-corrected chi connectivity index (χ1v) is 11.1. The third kappa shape index (κ3) is 4.09. The van der Waals surface area contributed by atoms with Crippen LogP contribution in [-0.2, 0) is 14.3 Å². The van der Waals surface area contributed by atoms with Crippen molar-refractivity contribution in [2.24, 2.45) is 0 Å². The summed E-state index contributed by atoms with van der Waals surface area (Å²) in [6.45, 7) is 4.50. The first kappa shape index (κ1) is 21.2. The van der Waals surface area contributed by atoms with Gasteiger partial charge in [0.05, 0.1) is 23.4 Å². The first-order valence-electron chi connectivity index (χ1n) is 9.15. The maximum atomic E-state index is 13.2. The molecule has 0 bridgehead atoms. The Balaban J connectivity index is 1.68. The summed E-state index contributed by atoms with van der Waals surface area (Å²) in [5.74, 6) is -0.0295. The monoisotopic (exact) mass is 553 g/mol. The molecule has 1 N–H and O–H groups in total. The van der Waals surface area contributed by atoms with Crippen LogP contribution < -0.4 is 15.1 Å². The second kappa shape index (κ2) is 8.62. The van der Waals surface area contributed by atoms with Gasteiger partial charge >= 0.3 is 0 Å². The Labute approximate surface area is 195 Å². The van der Waals surface area contributed by atoms with Gasteiger partial charge in [0.25, 0.3) is 11.8 Å². The number of ether oxygens (including phenoxy) is 1. The molecule has 2 aliphatic heterocycles. The van der Waals surface area contributed by atoms with Crippen LogP contribution in [0.25, 0.3) is 6.08 Å². The molecule has 0 unspecified atom stereocenters.